The number of halogens is 1. The van der Waals surface area contributed by atoms with Gasteiger partial charge in [0.05, 0.1) is 12.3 Å². The quantitative estimate of drug-likeness (QED) is 0.853. The maximum absolute atomic E-state index is 11.7. The molecule has 0 amide bonds. The predicted molar refractivity (Wildman–Crippen MR) is 65.2 cm³/mol. The van der Waals surface area contributed by atoms with E-state index in [4.69, 9.17) is 16.3 Å². The van der Waals surface area contributed by atoms with Crippen molar-refractivity contribution in [3.8, 4) is 5.69 Å². The Labute approximate surface area is 107 Å². The lowest BCUT2D eigenvalue weighted by Gasteiger charge is -1.99. The average Bonchev–Trinajstić information content (AvgIpc) is 2.72. The SMILES string of the molecule is CCOC(=O)c1nn(-c2cccc(Cl)c2)c(=O)[nH]1. The van der Waals surface area contributed by atoms with Crippen molar-refractivity contribution in [3.63, 3.8) is 0 Å². The molecule has 7 heteroatoms. The third-order valence-electron chi connectivity index (χ3n) is 2.14. The number of aromatic nitrogens is 3. The Hall–Kier alpha value is -2.08. The molecule has 0 aliphatic rings. The van der Waals surface area contributed by atoms with Crippen LogP contribution in [0.4, 0.5) is 0 Å². The second-order valence-electron chi connectivity index (χ2n) is 3.39. The number of carbonyl (C=O) groups is 1. The first kappa shape index (κ1) is 12.4. The summed E-state index contributed by atoms with van der Waals surface area (Å²) in [6, 6.07) is 6.58. The van der Waals surface area contributed by atoms with E-state index in [1.807, 2.05) is 0 Å². The fraction of sp³-hybridized carbons (Fsp3) is 0.182. The highest BCUT2D eigenvalue weighted by atomic mass is 35.5. The Morgan fingerprint density at radius 3 is 3.00 bits per heavy atom. The van der Waals surface area contributed by atoms with Crippen molar-refractivity contribution in [1.29, 1.82) is 0 Å². The Kier molecular flexibility index (Phi) is 3.47. The van der Waals surface area contributed by atoms with Crippen LogP contribution in [0.5, 0.6) is 0 Å². The standard InChI is InChI=1S/C11H10ClN3O3/c1-2-18-10(16)9-13-11(17)15(14-9)8-5-3-4-7(12)6-8/h3-6H,2H2,1H3,(H,13,14,17). The first-order chi connectivity index (χ1) is 8.61. The number of nitrogens with one attached hydrogen (secondary N) is 1. The zero-order chi connectivity index (χ0) is 13.1. The van der Waals surface area contributed by atoms with Crippen LogP contribution in [0.2, 0.25) is 5.02 Å². The predicted octanol–water partition coefficient (Wildman–Crippen LogP) is 1.39. The molecule has 0 aliphatic heterocycles. The Bertz CT molecular complexity index is 632. The van der Waals surface area contributed by atoms with Crippen molar-refractivity contribution in [1.82, 2.24) is 14.8 Å². The zero-order valence-corrected chi connectivity index (χ0v) is 10.3. The molecule has 2 rings (SSSR count). The molecule has 1 aromatic heterocycles. The average molecular weight is 268 g/mol. The smallest absolute Gasteiger partial charge is 0.376 e. The van der Waals surface area contributed by atoms with Gasteiger partial charge in [-0.15, -0.1) is 5.10 Å². The number of H-pyrrole nitrogens is 1. The van der Waals surface area contributed by atoms with Crippen LogP contribution in [-0.4, -0.2) is 27.3 Å². The van der Waals surface area contributed by atoms with Crippen LogP contribution in [0.3, 0.4) is 0 Å². The first-order valence-electron chi connectivity index (χ1n) is 5.24. The van der Waals surface area contributed by atoms with E-state index < -0.39 is 11.7 Å². The van der Waals surface area contributed by atoms with Gasteiger partial charge in [0, 0.05) is 5.02 Å². The molecule has 0 atom stereocenters. The zero-order valence-electron chi connectivity index (χ0n) is 9.51. The van der Waals surface area contributed by atoms with Gasteiger partial charge in [0.1, 0.15) is 0 Å². The monoisotopic (exact) mass is 267 g/mol. The van der Waals surface area contributed by atoms with Gasteiger partial charge in [-0.2, -0.15) is 4.68 Å². The molecule has 0 unspecified atom stereocenters. The summed E-state index contributed by atoms with van der Waals surface area (Å²) in [5.41, 5.74) is -0.0559. The number of hydrogen-bond acceptors (Lipinski definition) is 4. The Morgan fingerprint density at radius 1 is 1.56 bits per heavy atom. The summed E-state index contributed by atoms with van der Waals surface area (Å²) in [4.78, 5) is 25.4. The molecular weight excluding hydrogens is 258 g/mol. The maximum atomic E-state index is 11.7. The highest BCUT2D eigenvalue weighted by Crippen LogP contribution is 2.12. The van der Waals surface area contributed by atoms with E-state index in [0.29, 0.717) is 10.7 Å². The number of esters is 1. The Morgan fingerprint density at radius 2 is 2.33 bits per heavy atom. The molecule has 0 bridgehead atoms. The molecule has 1 N–H and O–H groups in total. The van der Waals surface area contributed by atoms with Crippen LogP contribution in [0.25, 0.3) is 5.69 Å². The number of rotatable bonds is 3. The molecular formula is C11H10ClN3O3. The minimum atomic E-state index is -0.671. The van der Waals surface area contributed by atoms with Crippen molar-refractivity contribution in [3.05, 3.63) is 45.6 Å². The van der Waals surface area contributed by atoms with E-state index >= 15 is 0 Å². The van der Waals surface area contributed by atoms with Crippen molar-refractivity contribution >= 4 is 17.6 Å². The molecule has 1 aromatic carbocycles. The van der Waals surface area contributed by atoms with Gasteiger partial charge in [0.15, 0.2) is 0 Å². The van der Waals surface area contributed by atoms with Crippen LogP contribution >= 0.6 is 11.6 Å². The molecule has 0 radical (unpaired) electrons. The first-order valence-corrected chi connectivity index (χ1v) is 5.62. The summed E-state index contributed by atoms with van der Waals surface area (Å²) in [6.07, 6.45) is 0. The largest absolute Gasteiger partial charge is 0.460 e. The molecule has 0 saturated carbocycles. The van der Waals surface area contributed by atoms with Crippen molar-refractivity contribution in [2.24, 2.45) is 0 Å². The van der Waals surface area contributed by atoms with Gasteiger partial charge in [0.2, 0.25) is 5.82 Å². The summed E-state index contributed by atoms with van der Waals surface area (Å²) in [5.74, 6) is -0.808. The van der Waals surface area contributed by atoms with Gasteiger partial charge in [-0.25, -0.2) is 9.59 Å². The molecule has 0 spiro atoms. The summed E-state index contributed by atoms with van der Waals surface area (Å²) < 4.78 is 5.80. The molecule has 18 heavy (non-hydrogen) atoms. The third-order valence-corrected chi connectivity index (χ3v) is 2.37. The summed E-state index contributed by atoms with van der Waals surface area (Å²) in [5, 5.41) is 4.33. The molecule has 0 aliphatic carbocycles. The minimum Gasteiger partial charge on any atom is -0.460 e. The van der Waals surface area contributed by atoms with Gasteiger partial charge >= 0.3 is 11.7 Å². The summed E-state index contributed by atoms with van der Waals surface area (Å²) >= 11 is 5.82. The highest BCUT2D eigenvalue weighted by Gasteiger charge is 2.15. The van der Waals surface area contributed by atoms with Crippen LogP contribution in [0.1, 0.15) is 17.5 Å². The van der Waals surface area contributed by atoms with Crippen molar-refractivity contribution in [2.75, 3.05) is 6.61 Å². The fourth-order valence-corrected chi connectivity index (χ4v) is 1.58. The molecule has 0 saturated heterocycles. The number of carbonyl (C=O) groups excluding carboxylic acids is 1. The summed E-state index contributed by atoms with van der Waals surface area (Å²) in [6.45, 7) is 1.88. The molecule has 1 heterocycles. The Balaban J connectivity index is 2.41. The van der Waals surface area contributed by atoms with Crippen molar-refractivity contribution in [2.45, 2.75) is 6.92 Å². The fourth-order valence-electron chi connectivity index (χ4n) is 1.40. The van der Waals surface area contributed by atoms with Crippen LogP contribution in [0.15, 0.2) is 29.1 Å². The lowest BCUT2D eigenvalue weighted by molar-refractivity contribution is 0.0512. The number of hydrogen-bond donors (Lipinski definition) is 1. The van der Waals surface area contributed by atoms with Crippen LogP contribution < -0.4 is 5.69 Å². The molecule has 0 fully saturated rings. The number of nitrogens with zero attached hydrogens (tertiary/aromatic N) is 2. The molecule has 2 aromatic rings. The lowest BCUT2D eigenvalue weighted by atomic mass is 10.3. The van der Waals surface area contributed by atoms with Crippen molar-refractivity contribution < 1.29 is 9.53 Å². The highest BCUT2D eigenvalue weighted by molar-refractivity contribution is 6.30. The van der Waals surface area contributed by atoms with Gasteiger partial charge in [0.25, 0.3) is 0 Å². The van der Waals surface area contributed by atoms with Crippen LogP contribution in [-0.2, 0) is 4.74 Å². The van der Waals surface area contributed by atoms with Crippen LogP contribution in [0, 0.1) is 0 Å². The van der Waals surface area contributed by atoms with Gasteiger partial charge in [-0.05, 0) is 25.1 Å². The van der Waals surface area contributed by atoms with Gasteiger partial charge < -0.3 is 4.74 Å². The minimum absolute atomic E-state index is 0.137. The van der Waals surface area contributed by atoms with E-state index in [-0.39, 0.29) is 12.4 Å². The number of benzene rings is 1. The molecule has 94 valence electrons. The van der Waals surface area contributed by atoms with E-state index in [9.17, 15) is 9.59 Å². The van der Waals surface area contributed by atoms with E-state index in [1.54, 1.807) is 31.2 Å². The maximum Gasteiger partial charge on any atom is 0.376 e. The van der Waals surface area contributed by atoms with E-state index in [0.717, 1.165) is 4.68 Å². The second-order valence-corrected chi connectivity index (χ2v) is 3.83. The van der Waals surface area contributed by atoms with E-state index in [1.165, 1.54) is 0 Å². The molecule has 6 nitrogen and oxygen atoms in total. The van der Waals surface area contributed by atoms with Gasteiger partial charge in [-0.1, -0.05) is 17.7 Å². The topological polar surface area (TPSA) is 77.0 Å². The number of ether oxygens (including phenoxy) is 1. The van der Waals surface area contributed by atoms with E-state index in [2.05, 4.69) is 10.1 Å². The lowest BCUT2D eigenvalue weighted by Crippen LogP contribution is -2.15. The summed E-state index contributed by atoms with van der Waals surface area (Å²) in [7, 11) is 0. The number of aromatic amines is 1. The van der Waals surface area contributed by atoms with Gasteiger partial charge in [-0.3, -0.25) is 4.98 Å². The second kappa shape index (κ2) is 5.05. The third kappa shape index (κ3) is 2.43. The normalized spacial score (nSPS) is 10.3.